The Hall–Kier alpha value is -4.46. The minimum absolute atomic E-state index is 0.215. The number of halogens is 1. The maximum Gasteiger partial charge on any atom is 0.338 e. The summed E-state index contributed by atoms with van der Waals surface area (Å²) in [5.74, 6) is 0.202. The van der Waals surface area contributed by atoms with E-state index in [-0.39, 0.29) is 12.2 Å². The molecule has 1 aliphatic heterocycles. The first-order valence-corrected chi connectivity index (χ1v) is 14.8. The Morgan fingerprint density at radius 3 is 2.60 bits per heavy atom. The molecule has 0 amide bonds. The quantitative estimate of drug-likeness (QED) is 0.211. The van der Waals surface area contributed by atoms with Crippen LogP contribution in [0.25, 0.3) is 16.8 Å². The summed E-state index contributed by atoms with van der Waals surface area (Å²) in [4.78, 5) is 32.1. The summed E-state index contributed by atoms with van der Waals surface area (Å²) < 4.78 is 13.6. The van der Waals surface area contributed by atoms with Gasteiger partial charge in [-0.15, -0.1) is 0 Å². The molecule has 42 heavy (non-hydrogen) atoms. The van der Waals surface area contributed by atoms with E-state index in [1.807, 2.05) is 60.7 Å². The number of hydrogen-bond acceptors (Lipinski definition) is 6. The number of nitrogens with zero attached hydrogens (tertiary/aromatic N) is 2. The average Bonchev–Trinajstić information content (AvgIpc) is 3.29. The molecular formula is C34H27ClN2O4S. The third-order valence-corrected chi connectivity index (χ3v) is 8.37. The lowest BCUT2D eigenvalue weighted by Gasteiger charge is -2.24. The van der Waals surface area contributed by atoms with E-state index in [1.54, 1.807) is 30.5 Å². The summed E-state index contributed by atoms with van der Waals surface area (Å²) in [6.45, 7) is 4.15. The molecule has 210 valence electrons. The van der Waals surface area contributed by atoms with Crippen LogP contribution in [0.1, 0.15) is 36.6 Å². The summed E-state index contributed by atoms with van der Waals surface area (Å²) in [5, 5.41) is 2.89. The maximum absolute atomic E-state index is 13.9. The maximum atomic E-state index is 13.9. The number of esters is 1. The molecule has 1 atom stereocenters. The zero-order valence-electron chi connectivity index (χ0n) is 23.0. The van der Waals surface area contributed by atoms with Crippen molar-refractivity contribution in [2.75, 3.05) is 6.61 Å². The molecule has 4 aromatic carbocycles. The highest BCUT2D eigenvalue weighted by molar-refractivity contribution is 7.07. The largest absolute Gasteiger partial charge is 0.489 e. The smallest absolute Gasteiger partial charge is 0.338 e. The van der Waals surface area contributed by atoms with Crippen LogP contribution in [0.2, 0.25) is 5.02 Å². The predicted molar refractivity (Wildman–Crippen MR) is 167 cm³/mol. The standard InChI is InChI=1S/C34H27ClN2O4S/c1-3-40-33(39)30-21(2)36-34-37(31(30)24-14-16-26(35)17-15-24)32(38)29(42-34)19-22-8-6-12-27(18-22)41-20-25-11-7-10-23-9-4-5-13-28(23)25/h4-19,31H,3,20H2,1-2H3/b29-19+/t31-/m1/s1. The number of carbonyl (C=O) groups is 1. The Labute approximate surface area is 251 Å². The van der Waals surface area contributed by atoms with Gasteiger partial charge in [0.25, 0.3) is 5.56 Å². The van der Waals surface area contributed by atoms with E-state index in [0.717, 1.165) is 22.1 Å². The second-order valence-corrected chi connectivity index (χ2v) is 11.3. The summed E-state index contributed by atoms with van der Waals surface area (Å²) in [5.41, 5.74) is 3.28. The van der Waals surface area contributed by atoms with Crippen LogP contribution in [0.15, 0.2) is 112 Å². The highest BCUT2D eigenvalue weighted by atomic mass is 35.5. The van der Waals surface area contributed by atoms with Crippen LogP contribution in [-0.4, -0.2) is 17.1 Å². The van der Waals surface area contributed by atoms with E-state index in [0.29, 0.717) is 38.0 Å². The zero-order chi connectivity index (χ0) is 29.2. The van der Waals surface area contributed by atoms with E-state index < -0.39 is 12.0 Å². The molecule has 0 radical (unpaired) electrons. The van der Waals surface area contributed by atoms with Crippen LogP contribution in [-0.2, 0) is 16.1 Å². The molecule has 0 fully saturated rings. The molecule has 1 aliphatic rings. The molecule has 0 saturated heterocycles. The van der Waals surface area contributed by atoms with E-state index >= 15 is 0 Å². The molecule has 0 saturated carbocycles. The van der Waals surface area contributed by atoms with Gasteiger partial charge >= 0.3 is 5.97 Å². The predicted octanol–water partition coefficient (Wildman–Crippen LogP) is 6.18. The highest BCUT2D eigenvalue weighted by Gasteiger charge is 2.33. The van der Waals surface area contributed by atoms with Crippen molar-refractivity contribution in [2.24, 2.45) is 4.99 Å². The van der Waals surface area contributed by atoms with Gasteiger partial charge in [0, 0.05) is 5.02 Å². The fraction of sp³-hybridized carbons (Fsp3) is 0.147. The SMILES string of the molecule is CCOC(=O)C1=C(C)N=c2s/c(=C/c3cccc(OCc4cccc5ccccc45)c3)c(=O)n2[C@@H]1c1ccc(Cl)cc1. The average molecular weight is 595 g/mol. The van der Waals surface area contributed by atoms with Gasteiger partial charge in [-0.25, -0.2) is 9.79 Å². The molecule has 0 N–H and O–H groups in total. The van der Waals surface area contributed by atoms with Gasteiger partial charge in [0.2, 0.25) is 0 Å². The monoisotopic (exact) mass is 594 g/mol. The summed E-state index contributed by atoms with van der Waals surface area (Å²) in [7, 11) is 0. The van der Waals surface area contributed by atoms with E-state index in [2.05, 4.69) is 29.3 Å². The van der Waals surface area contributed by atoms with E-state index in [9.17, 15) is 9.59 Å². The van der Waals surface area contributed by atoms with Crippen molar-refractivity contribution in [3.05, 3.63) is 144 Å². The number of thiazole rings is 1. The number of allylic oxidation sites excluding steroid dienone is 1. The zero-order valence-corrected chi connectivity index (χ0v) is 24.6. The van der Waals surface area contributed by atoms with Gasteiger partial charge in [-0.2, -0.15) is 0 Å². The van der Waals surface area contributed by atoms with Gasteiger partial charge in [0.1, 0.15) is 12.4 Å². The molecule has 2 heterocycles. The van der Waals surface area contributed by atoms with Gasteiger partial charge in [0.15, 0.2) is 4.80 Å². The molecule has 0 spiro atoms. The summed E-state index contributed by atoms with van der Waals surface area (Å²) in [6, 6.07) is 28.5. The van der Waals surface area contributed by atoms with Crippen molar-refractivity contribution in [2.45, 2.75) is 26.5 Å². The topological polar surface area (TPSA) is 69.9 Å². The van der Waals surface area contributed by atoms with Crippen LogP contribution in [0.4, 0.5) is 0 Å². The third-order valence-electron chi connectivity index (χ3n) is 7.13. The van der Waals surface area contributed by atoms with Crippen molar-refractivity contribution in [3.63, 3.8) is 0 Å². The van der Waals surface area contributed by atoms with Crippen LogP contribution in [0, 0.1) is 0 Å². The Morgan fingerprint density at radius 2 is 1.79 bits per heavy atom. The number of ether oxygens (including phenoxy) is 2. The highest BCUT2D eigenvalue weighted by Crippen LogP contribution is 2.31. The first-order chi connectivity index (χ1) is 20.4. The first kappa shape index (κ1) is 27.7. The van der Waals surface area contributed by atoms with Gasteiger partial charge < -0.3 is 9.47 Å². The Kier molecular flexibility index (Phi) is 7.78. The van der Waals surface area contributed by atoms with Crippen LogP contribution >= 0.6 is 22.9 Å². The lowest BCUT2D eigenvalue weighted by Crippen LogP contribution is -2.39. The Morgan fingerprint density at radius 1 is 1.02 bits per heavy atom. The van der Waals surface area contributed by atoms with Gasteiger partial charge in [-0.3, -0.25) is 9.36 Å². The molecule has 0 aliphatic carbocycles. The Balaban J connectivity index is 1.36. The molecule has 5 aromatic rings. The second-order valence-electron chi connectivity index (χ2n) is 9.85. The molecule has 0 bridgehead atoms. The third kappa shape index (κ3) is 5.41. The molecule has 1 aromatic heterocycles. The fourth-order valence-electron chi connectivity index (χ4n) is 5.18. The number of aromatic nitrogens is 1. The summed E-state index contributed by atoms with van der Waals surface area (Å²) >= 11 is 7.43. The molecule has 6 rings (SSSR count). The van der Waals surface area contributed by atoms with Crippen molar-refractivity contribution in [3.8, 4) is 5.75 Å². The van der Waals surface area contributed by atoms with Gasteiger partial charge in [0.05, 0.1) is 28.5 Å². The minimum Gasteiger partial charge on any atom is -0.489 e. The Bertz CT molecular complexity index is 2020. The first-order valence-electron chi connectivity index (χ1n) is 13.6. The number of rotatable bonds is 7. The number of hydrogen-bond donors (Lipinski definition) is 0. The minimum atomic E-state index is -0.685. The van der Waals surface area contributed by atoms with Gasteiger partial charge in [-0.1, -0.05) is 89.7 Å². The van der Waals surface area contributed by atoms with Crippen molar-refractivity contribution >= 4 is 45.8 Å². The normalized spacial score (nSPS) is 14.9. The molecule has 0 unspecified atom stereocenters. The van der Waals surface area contributed by atoms with E-state index in [4.69, 9.17) is 21.1 Å². The van der Waals surface area contributed by atoms with E-state index in [1.165, 1.54) is 16.7 Å². The lowest BCUT2D eigenvalue weighted by atomic mass is 9.96. The second kappa shape index (κ2) is 11.8. The molecular weight excluding hydrogens is 568 g/mol. The van der Waals surface area contributed by atoms with Gasteiger partial charge in [-0.05, 0) is 71.7 Å². The van der Waals surface area contributed by atoms with Crippen molar-refractivity contribution in [1.29, 1.82) is 0 Å². The van der Waals surface area contributed by atoms with Crippen LogP contribution in [0.3, 0.4) is 0 Å². The number of carbonyl (C=O) groups excluding carboxylic acids is 1. The molecule has 8 heteroatoms. The van der Waals surface area contributed by atoms with Crippen LogP contribution in [0.5, 0.6) is 5.75 Å². The number of fused-ring (bicyclic) bond motifs is 2. The lowest BCUT2D eigenvalue weighted by molar-refractivity contribution is -0.139. The van der Waals surface area contributed by atoms with Crippen molar-refractivity contribution < 1.29 is 14.3 Å². The summed E-state index contributed by atoms with van der Waals surface area (Å²) in [6.07, 6.45) is 1.83. The van der Waals surface area contributed by atoms with Crippen LogP contribution < -0.4 is 19.6 Å². The fourth-order valence-corrected chi connectivity index (χ4v) is 6.35. The van der Waals surface area contributed by atoms with Crippen molar-refractivity contribution in [1.82, 2.24) is 4.57 Å². The molecule has 6 nitrogen and oxygen atoms in total. The number of benzene rings is 4.